The molecule has 2 aromatic heterocycles. The Kier molecular flexibility index (Phi) is 7.25. The maximum atomic E-state index is 13.2. The molecule has 1 aliphatic carbocycles. The first-order valence-corrected chi connectivity index (χ1v) is 12.4. The predicted octanol–water partition coefficient (Wildman–Crippen LogP) is 3.15. The number of anilines is 1. The number of hydrogen-bond donors (Lipinski definition) is 4. The second-order valence-electron chi connectivity index (χ2n) is 10.4. The van der Waals surface area contributed by atoms with E-state index in [1.165, 1.54) is 0 Å². The third kappa shape index (κ3) is 5.73. The molecule has 4 rings (SSSR count). The Balaban J connectivity index is 1.44. The van der Waals surface area contributed by atoms with E-state index < -0.39 is 6.04 Å². The van der Waals surface area contributed by atoms with Crippen molar-refractivity contribution in [2.45, 2.75) is 71.9 Å². The van der Waals surface area contributed by atoms with Gasteiger partial charge in [-0.25, -0.2) is 4.98 Å². The van der Waals surface area contributed by atoms with Gasteiger partial charge < -0.3 is 25.7 Å². The smallest absolute Gasteiger partial charge is 0.268 e. The Bertz CT molecular complexity index is 1100. The van der Waals surface area contributed by atoms with E-state index in [0.29, 0.717) is 47.7 Å². The molecular weight excluding hydrogens is 446 g/mol. The third-order valence-corrected chi connectivity index (χ3v) is 6.63. The number of aromatic amines is 1. The molecule has 0 bridgehead atoms. The number of ketones is 1. The zero-order chi connectivity index (χ0) is 25.2. The summed E-state index contributed by atoms with van der Waals surface area (Å²) in [4.78, 5) is 46.4. The number of Topliss-reactive ketones (excluding diaryl/α,β-unsaturated/α-hetero) is 1. The largest absolute Gasteiger partial charge is 0.472 e. The van der Waals surface area contributed by atoms with Gasteiger partial charge in [-0.3, -0.25) is 14.4 Å². The number of H-pyrrole nitrogens is 1. The molecule has 0 aromatic carbocycles. The van der Waals surface area contributed by atoms with Crippen molar-refractivity contribution in [3.63, 3.8) is 0 Å². The first-order chi connectivity index (χ1) is 16.7. The van der Waals surface area contributed by atoms with Gasteiger partial charge in [-0.1, -0.05) is 33.6 Å². The van der Waals surface area contributed by atoms with Gasteiger partial charge in [0.15, 0.2) is 5.78 Å². The van der Waals surface area contributed by atoms with E-state index in [4.69, 9.17) is 4.74 Å². The molecule has 0 saturated carbocycles. The van der Waals surface area contributed by atoms with Crippen LogP contribution in [0.2, 0.25) is 0 Å². The summed E-state index contributed by atoms with van der Waals surface area (Å²) >= 11 is 0. The number of aromatic nitrogens is 2. The minimum Gasteiger partial charge on any atom is -0.472 e. The Morgan fingerprint density at radius 2 is 2.03 bits per heavy atom. The number of unbranched alkanes of at least 4 members (excludes halogenated alkanes) is 1. The van der Waals surface area contributed by atoms with Crippen LogP contribution in [-0.4, -0.2) is 52.8 Å². The molecular formula is C26H35N5O4. The molecule has 0 spiro atoms. The highest BCUT2D eigenvalue weighted by atomic mass is 16.5. The van der Waals surface area contributed by atoms with Gasteiger partial charge in [0, 0.05) is 36.8 Å². The summed E-state index contributed by atoms with van der Waals surface area (Å²) in [5, 5.41) is 8.87. The van der Waals surface area contributed by atoms with Crippen LogP contribution < -0.4 is 20.7 Å². The van der Waals surface area contributed by atoms with Gasteiger partial charge in [0.2, 0.25) is 11.8 Å². The third-order valence-electron chi connectivity index (χ3n) is 6.63. The van der Waals surface area contributed by atoms with Crippen molar-refractivity contribution in [1.82, 2.24) is 20.6 Å². The van der Waals surface area contributed by atoms with Gasteiger partial charge in [-0.05, 0) is 36.8 Å². The number of amides is 2. The standard InChI is InChI=1S/C26H35N5O4/c1-5-6-7-18(24(33)29-16-8-9-21(28-12-16)35-17-13-27-14-17)31-25(34)23-15(2)22-19(30-23)10-26(3,4)11-20(22)32/h8-9,12,17-18,27,30H,5-7,10-11,13-14H2,1-4H3,(H,29,33)(H,31,34)/t18-/m0/s1. The zero-order valence-corrected chi connectivity index (χ0v) is 20.9. The fourth-order valence-electron chi connectivity index (χ4n) is 4.64. The Labute approximate surface area is 205 Å². The van der Waals surface area contributed by atoms with Crippen LogP contribution in [-0.2, 0) is 11.2 Å². The number of nitrogens with zero attached hydrogens (tertiary/aromatic N) is 1. The van der Waals surface area contributed by atoms with Crippen LogP contribution in [0.3, 0.4) is 0 Å². The Morgan fingerprint density at radius 3 is 2.66 bits per heavy atom. The number of carbonyl (C=O) groups is 3. The van der Waals surface area contributed by atoms with E-state index in [-0.39, 0.29) is 29.1 Å². The molecule has 1 fully saturated rings. The van der Waals surface area contributed by atoms with Crippen LogP contribution in [0.15, 0.2) is 18.3 Å². The number of hydrogen-bond acceptors (Lipinski definition) is 6. The number of ether oxygens (including phenoxy) is 1. The molecule has 35 heavy (non-hydrogen) atoms. The fourth-order valence-corrected chi connectivity index (χ4v) is 4.64. The lowest BCUT2D eigenvalue weighted by Gasteiger charge is -2.28. The van der Waals surface area contributed by atoms with E-state index in [9.17, 15) is 14.4 Å². The summed E-state index contributed by atoms with van der Waals surface area (Å²) in [6.45, 7) is 9.52. The quantitative estimate of drug-likeness (QED) is 0.436. The van der Waals surface area contributed by atoms with E-state index in [1.54, 1.807) is 25.3 Å². The second-order valence-corrected chi connectivity index (χ2v) is 10.4. The summed E-state index contributed by atoms with van der Waals surface area (Å²) in [5.74, 6) is -0.126. The lowest BCUT2D eigenvalue weighted by atomic mass is 9.75. The van der Waals surface area contributed by atoms with Crippen LogP contribution in [0.5, 0.6) is 5.88 Å². The van der Waals surface area contributed by atoms with Crippen LogP contribution >= 0.6 is 0 Å². The van der Waals surface area contributed by atoms with Crippen molar-refractivity contribution in [2.24, 2.45) is 5.41 Å². The van der Waals surface area contributed by atoms with E-state index in [0.717, 1.165) is 31.6 Å². The monoisotopic (exact) mass is 481 g/mol. The number of fused-ring (bicyclic) bond motifs is 1. The van der Waals surface area contributed by atoms with E-state index in [1.807, 2.05) is 20.8 Å². The molecule has 0 radical (unpaired) electrons. The lowest BCUT2D eigenvalue weighted by molar-refractivity contribution is -0.118. The molecule has 1 aliphatic heterocycles. The molecule has 1 atom stereocenters. The summed E-state index contributed by atoms with van der Waals surface area (Å²) in [7, 11) is 0. The maximum absolute atomic E-state index is 13.2. The highest BCUT2D eigenvalue weighted by Gasteiger charge is 2.35. The molecule has 2 aliphatic rings. The Hall–Kier alpha value is -3.20. The average molecular weight is 482 g/mol. The number of nitrogens with one attached hydrogen (secondary N) is 4. The van der Waals surface area contributed by atoms with Crippen molar-refractivity contribution in [3.05, 3.63) is 40.8 Å². The predicted molar refractivity (Wildman–Crippen MR) is 133 cm³/mol. The molecule has 0 unspecified atom stereocenters. The topological polar surface area (TPSA) is 125 Å². The van der Waals surface area contributed by atoms with Crippen molar-refractivity contribution in [3.8, 4) is 5.88 Å². The van der Waals surface area contributed by atoms with Crippen molar-refractivity contribution in [2.75, 3.05) is 18.4 Å². The highest BCUT2D eigenvalue weighted by molar-refractivity contribution is 6.06. The molecule has 2 aromatic rings. The Morgan fingerprint density at radius 1 is 1.26 bits per heavy atom. The zero-order valence-electron chi connectivity index (χ0n) is 20.9. The molecule has 9 nitrogen and oxygen atoms in total. The van der Waals surface area contributed by atoms with E-state index >= 15 is 0 Å². The van der Waals surface area contributed by atoms with Crippen LogP contribution in [0.4, 0.5) is 5.69 Å². The first-order valence-electron chi connectivity index (χ1n) is 12.4. The maximum Gasteiger partial charge on any atom is 0.268 e. The number of rotatable bonds is 9. The van der Waals surface area contributed by atoms with Crippen molar-refractivity contribution in [1.29, 1.82) is 0 Å². The lowest BCUT2D eigenvalue weighted by Crippen LogP contribution is -2.50. The summed E-state index contributed by atoms with van der Waals surface area (Å²) in [5.41, 5.74) is 2.80. The van der Waals surface area contributed by atoms with Crippen LogP contribution in [0.1, 0.15) is 78.6 Å². The molecule has 3 heterocycles. The summed E-state index contributed by atoms with van der Waals surface area (Å²) in [6, 6.07) is 2.74. The van der Waals surface area contributed by atoms with Crippen molar-refractivity contribution >= 4 is 23.3 Å². The SMILES string of the molecule is CCCC[C@H](NC(=O)c1[nH]c2c(c1C)C(=O)CC(C)(C)C2)C(=O)Nc1ccc(OC2CNC2)nc1. The van der Waals surface area contributed by atoms with Gasteiger partial charge in [0.1, 0.15) is 17.8 Å². The highest BCUT2D eigenvalue weighted by Crippen LogP contribution is 2.36. The van der Waals surface area contributed by atoms with Gasteiger partial charge in [0.05, 0.1) is 11.9 Å². The molecule has 4 N–H and O–H groups in total. The van der Waals surface area contributed by atoms with E-state index in [2.05, 4.69) is 25.9 Å². The normalized spacial score (nSPS) is 17.8. The van der Waals surface area contributed by atoms with Crippen LogP contribution in [0.25, 0.3) is 0 Å². The summed E-state index contributed by atoms with van der Waals surface area (Å²) in [6.07, 6.45) is 5.01. The number of carbonyl (C=O) groups excluding carboxylic acids is 3. The number of pyridine rings is 1. The van der Waals surface area contributed by atoms with Gasteiger partial charge in [-0.2, -0.15) is 0 Å². The average Bonchev–Trinajstić information content (AvgIpc) is 3.09. The first kappa shape index (κ1) is 24.9. The van der Waals surface area contributed by atoms with Gasteiger partial charge in [0.25, 0.3) is 5.91 Å². The molecule has 1 saturated heterocycles. The van der Waals surface area contributed by atoms with Crippen molar-refractivity contribution < 1.29 is 19.1 Å². The fraction of sp³-hybridized carbons (Fsp3) is 0.538. The molecule has 2 amide bonds. The minimum absolute atomic E-state index is 0.0535. The van der Waals surface area contributed by atoms with Gasteiger partial charge >= 0.3 is 0 Å². The van der Waals surface area contributed by atoms with Gasteiger partial charge in [-0.15, -0.1) is 0 Å². The van der Waals surface area contributed by atoms with Crippen LogP contribution in [0, 0.1) is 12.3 Å². The molecule has 9 heteroatoms. The minimum atomic E-state index is -0.716. The molecule has 188 valence electrons. The second kappa shape index (κ2) is 10.2. The summed E-state index contributed by atoms with van der Waals surface area (Å²) < 4.78 is 5.71.